The molecule has 0 aliphatic rings. The number of amides is 2. The van der Waals surface area contributed by atoms with Gasteiger partial charge < -0.3 is 15.7 Å². The minimum Gasteiger partial charge on any atom is -0.387 e. The standard InChI is InChI=1S/C8H16N2O3S/c1-8(13,5-14-3)4-10-7(12)6(11)9-2/h13H,4-5H2,1-3H3,(H,9,11)(H,10,12). The van der Waals surface area contributed by atoms with E-state index < -0.39 is 17.4 Å². The molecule has 3 N–H and O–H groups in total. The number of nitrogens with one attached hydrogen (secondary N) is 2. The van der Waals surface area contributed by atoms with E-state index in [4.69, 9.17) is 0 Å². The predicted octanol–water partition coefficient (Wildman–Crippen LogP) is -1.04. The van der Waals surface area contributed by atoms with Crippen LogP contribution in [0.25, 0.3) is 0 Å². The number of thioether (sulfide) groups is 1. The fourth-order valence-electron chi connectivity index (χ4n) is 0.826. The minimum absolute atomic E-state index is 0.0695. The van der Waals surface area contributed by atoms with E-state index in [1.165, 1.54) is 18.8 Å². The van der Waals surface area contributed by atoms with E-state index >= 15 is 0 Å². The van der Waals surface area contributed by atoms with Crippen LogP contribution in [0, 0.1) is 0 Å². The van der Waals surface area contributed by atoms with Gasteiger partial charge >= 0.3 is 11.8 Å². The molecule has 14 heavy (non-hydrogen) atoms. The number of carbonyl (C=O) groups is 2. The Bertz CT molecular complexity index is 219. The summed E-state index contributed by atoms with van der Waals surface area (Å²) in [5, 5.41) is 14.2. The normalized spacial score (nSPS) is 14.3. The molecule has 0 saturated heterocycles. The molecular formula is C8H16N2O3S. The highest BCUT2D eigenvalue weighted by Gasteiger charge is 2.22. The Morgan fingerprint density at radius 1 is 1.43 bits per heavy atom. The second-order valence-corrected chi connectivity index (χ2v) is 4.06. The van der Waals surface area contributed by atoms with Gasteiger partial charge in [-0.1, -0.05) is 0 Å². The third-order valence-electron chi connectivity index (χ3n) is 1.52. The lowest BCUT2D eigenvalue weighted by atomic mass is 10.1. The summed E-state index contributed by atoms with van der Waals surface area (Å²) in [5.74, 6) is -0.931. The highest BCUT2D eigenvalue weighted by molar-refractivity contribution is 7.98. The first-order chi connectivity index (χ1) is 6.43. The van der Waals surface area contributed by atoms with Crippen LogP contribution in [0.1, 0.15) is 6.92 Å². The fourth-order valence-corrected chi connectivity index (χ4v) is 1.55. The Labute approximate surface area is 87.6 Å². The van der Waals surface area contributed by atoms with Crippen molar-refractivity contribution in [2.45, 2.75) is 12.5 Å². The van der Waals surface area contributed by atoms with E-state index in [-0.39, 0.29) is 6.54 Å². The van der Waals surface area contributed by atoms with E-state index in [0.29, 0.717) is 5.75 Å². The zero-order valence-corrected chi connectivity index (χ0v) is 9.40. The van der Waals surface area contributed by atoms with Gasteiger partial charge in [-0.2, -0.15) is 11.8 Å². The van der Waals surface area contributed by atoms with Crippen LogP contribution in [-0.2, 0) is 9.59 Å². The summed E-state index contributed by atoms with van der Waals surface area (Å²) in [4.78, 5) is 21.8. The molecule has 0 radical (unpaired) electrons. The van der Waals surface area contributed by atoms with Crippen LogP contribution in [0.2, 0.25) is 0 Å². The number of likely N-dealkylation sites (N-methyl/N-ethyl adjacent to an activating group) is 1. The van der Waals surface area contributed by atoms with Crippen molar-refractivity contribution in [3.05, 3.63) is 0 Å². The fraction of sp³-hybridized carbons (Fsp3) is 0.750. The van der Waals surface area contributed by atoms with E-state index in [2.05, 4.69) is 10.6 Å². The zero-order valence-electron chi connectivity index (χ0n) is 8.59. The van der Waals surface area contributed by atoms with Crippen LogP contribution in [0.3, 0.4) is 0 Å². The quantitative estimate of drug-likeness (QED) is 0.529. The Morgan fingerprint density at radius 2 is 2.00 bits per heavy atom. The van der Waals surface area contributed by atoms with Crippen molar-refractivity contribution < 1.29 is 14.7 Å². The minimum atomic E-state index is -0.983. The largest absolute Gasteiger partial charge is 0.387 e. The van der Waals surface area contributed by atoms with Gasteiger partial charge in [0.15, 0.2) is 0 Å². The van der Waals surface area contributed by atoms with Gasteiger partial charge in [-0.05, 0) is 13.2 Å². The molecule has 0 heterocycles. The van der Waals surface area contributed by atoms with Crippen molar-refractivity contribution in [1.29, 1.82) is 0 Å². The van der Waals surface area contributed by atoms with Gasteiger partial charge in [-0.3, -0.25) is 9.59 Å². The number of rotatable bonds is 4. The molecule has 0 aromatic carbocycles. The molecule has 0 aliphatic heterocycles. The topological polar surface area (TPSA) is 78.4 Å². The van der Waals surface area contributed by atoms with Crippen molar-refractivity contribution in [1.82, 2.24) is 10.6 Å². The van der Waals surface area contributed by atoms with Crippen LogP contribution >= 0.6 is 11.8 Å². The maximum atomic E-state index is 11.0. The first-order valence-electron chi connectivity index (χ1n) is 4.14. The highest BCUT2D eigenvalue weighted by atomic mass is 32.2. The molecule has 0 spiro atoms. The second-order valence-electron chi connectivity index (χ2n) is 3.19. The monoisotopic (exact) mass is 220 g/mol. The zero-order chi connectivity index (χ0) is 11.2. The van der Waals surface area contributed by atoms with E-state index in [1.54, 1.807) is 6.92 Å². The van der Waals surface area contributed by atoms with Crippen molar-refractivity contribution >= 4 is 23.6 Å². The van der Waals surface area contributed by atoms with Gasteiger partial charge in [0, 0.05) is 19.3 Å². The number of aliphatic hydroxyl groups is 1. The molecule has 82 valence electrons. The van der Waals surface area contributed by atoms with Crippen molar-refractivity contribution in [2.24, 2.45) is 0 Å². The number of hydrogen-bond acceptors (Lipinski definition) is 4. The lowest BCUT2D eigenvalue weighted by Gasteiger charge is -2.22. The Kier molecular flexibility index (Phi) is 5.56. The van der Waals surface area contributed by atoms with Gasteiger partial charge in [0.2, 0.25) is 0 Å². The van der Waals surface area contributed by atoms with Gasteiger partial charge in [0.25, 0.3) is 0 Å². The summed E-state index contributed by atoms with van der Waals surface area (Å²) in [6.45, 7) is 1.67. The molecule has 2 amide bonds. The summed E-state index contributed by atoms with van der Waals surface area (Å²) >= 11 is 1.47. The molecular weight excluding hydrogens is 204 g/mol. The molecule has 0 rings (SSSR count). The molecule has 0 aromatic rings. The Balaban J connectivity index is 3.93. The Hall–Kier alpha value is -0.750. The summed E-state index contributed by atoms with van der Waals surface area (Å²) < 4.78 is 0. The average Bonchev–Trinajstić information content (AvgIpc) is 2.13. The molecule has 0 aromatic heterocycles. The van der Waals surface area contributed by atoms with Crippen molar-refractivity contribution in [3.63, 3.8) is 0 Å². The predicted molar refractivity (Wildman–Crippen MR) is 56.1 cm³/mol. The van der Waals surface area contributed by atoms with Crippen molar-refractivity contribution in [3.8, 4) is 0 Å². The summed E-state index contributed by atoms with van der Waals surface area (Å²) in [6, 6.07) is 0. The molecule has 0 aliphatic carbocycles. The average molecular weight is 220 g/mol. The SMILES string of the molecule is CNC(=O)C(=O)NCC(C)(O)CSC. The van der Waals surface area contributed by atoms with Gasteiger partial charge in [-0.25, -0.2) is 0 Å². The smallest absolute Gasteiger partial charge is 0.309 e. The van der Waals surface area contributed by atoms with Gasteiger partial charge in [0.05, 0.1) is 5.60 Å². The van der Waals surface area contributed by atoms with Crippen LogP contribution in [0.15, 0.2) is 0 Å². The molecule has 1 unspecified atom stereocenters. The van der Waals surface area contributed by atoms with E-state index in [1.807, 2.05) is 6.26 Å². The van der Waals surface area contributed by atoms with Gasteiger partial charge in [0.1, 0.15) is 0 Å². The lowest BCUT2D eigenvalue weighted by molar-refractivity contribution is -0.139. The lowest BCUT2D eigenvalue weighted by Crippen LogP contribution is -2.46. The first-order valence-corrected chi connectivity index (χ1v) is 5.53. The maximum Gasteiger partial charge on any atom is 0.309 e. The summed E-state index contributed by atoms with van der Waals surface area (Å²) in [5.41, 5.74) is -0.983. The second kappa shape index (κ2) is 5.87. The van der Waals surface area contributed by atoms with E-state index in [0.717, 1.165) is 0 Å². The maximum absolute atomic E-state index is 11.0. The van der Waals surface area contributed by atoms with Crippen LogP contribution in [-0.4, -0.2) is 48.1 Å². The Morgan fingerprint density at radius 3 is 2.43 bits per heavy atom. The van der Waals surface area contributed by atoms with Crippen LogP contribution in [0.4, 0.5) is 0 Å². The molecule has 6 heteroatoms. The van der Waals surface area contributed by atoms with Crippen LogP contribution in [0.5, 0.6) is 0 Å². The molecule has 0 fully saturated rings. The number of hydrogen-bond donors (Lipinski definition) is 3. The molecule has 5 nitrogen and oxygen atoms in total. The summed E-state index contributed by atoms with van der Waals surface area (Å²) in [7, 11) is 1.38. The van der Waals surface area contributed by atoms with Crippen LogP contribution < -0.4 is 10.6 Å². The van der Waals surface area contributed by atoms with Gasteiger partial charge in [-0.15, -0.1) is 0 Å². The summed E-state index contributed by atoms with van der Waals surface area (Å²) in [6.07, 6.45) is 1.86. The molecule has 0 saturated carbocycles. The molecule has 1 atom stereocenters. The van der Waals surface area contributed by atoms with E-state index in [9.17, 15) is 14.7 Å². The number of carbonyl (C=O) groups excluding carboxylic acids is 2. The third-order valence-corrected chi connectivity index (χ3v) is 2.43. The van der Waals surface area contributed by atoms with Crippen molar-refractivity contribution in [2.75, 3.05) is 25.6 Å². The first kappa shape index (κ1) is 13.2. The highest BCUT2D eigenvalue weighted by Crippen LogP contribution is 2.08. The third kappa shape index (κ3) is 5.08. The molecule has 0 bridgehead atoms.